The van der Waals surface area contributed by atoms with E-state index in [-0.39, 0.29) is 4.90 Å². The van der Waals surface area contributed by atoms with Gasteiger partial charge >= 0.3 is 0 Å². The second kappa shape index (κ2) is 7.14. The molecule has 1 aromatic carbocycles. The summed E-state index contributed by atoms with van der Waals surface area (Å²) in [6.07, 6.45) is 3.32. The summed E-state index contributed by atoms with van der Waals surface area (Å²) in [6.45, 7) is 5.58. The molecular weight excluding hydrogens is 432 g/mol. The van der Waals surface area contributed by atoms with Gasteiger partial charge in [0.1, 0.15) is 5.76 Å². The SMILES string of the molecule is Cc1nc(-c2cn(S(=O)(=O)c3ccccc3)c3cc(-c4c(C)noc4C)cnc23)cs1. The molecule has 5 aromatic rings. The molecule has 0 aliphatic carbocycles. The van der Waals surface area contributed by atoms with Crippen molar-refractivity contribution in [3.05, 3.63) is 70.6 Å². The summed E-state index contributed by atoms with van der Waals surface area (Å²) in [5, 5.41) is 6.82. The van der Waals surface area contributed by atoms with Crippen LogP contribution in [0, 0.1) is 20.8 Å². The molecule has 9 heteroatoms. The molecule has 4 heterocycles. The fourth-order valence-corrected chi connectivity index (χ4v) is 5.67. The van der Waals surface area contributed by atoms with E-state index in [9.17, 15) is 8.42 Å². The van der Waals surface area contributed by atoms with Crippen LogP contribution in [0.15, 0.2) is 63.6 Å². The Morgan fingerprint density at radius 1 is 1.10 bits per heavy atom. The van der Waals surface area contributed by atoms with E-state index in [2.05, 4.69) is 15.1 Å². The second-order valence-electron chi connectivity index (χ2n) is 7.20. The Bertz CT molecular complexity index is 1510. The topological polar surface area (TPSA) is 90.9 Å². The van der Waals surface area contributed by atoms with E-state index < -0.39 is 10.0 Å². The number of nitrogens with zero attached hydrogens (tertiary/aromatic N) is 4. The van der Waals surface area contributed by atoms with Crippen LogP contribution in [0.1, 0.15) is 16.5 Å². The molecule has 0 fully saturated rings. The van der Waals surface area contributed by atoms with E-state index in [1.54, 1.807) is 42.7 Å². The molecule has 7 nitrogen and oxygen atoms in total. The van der Waals surface area contributed by atoms with Crippen LogP contribution in [0.5, 0.6) is 0 Å². The summed E-state index contributed by atoms with van der Waals surface area (Å²) in [7, 11) is -3.84. The molecule has 0 atom stereocenters. The molecule has 0 saturated carbocycles. The Hall–Kier alpha value is -3.30. The molecule has 0 spiro atoms. The van der Waals surface area contributed by atoms with Gasteiger partial charge in [-0.05, 0) is 39.0 Å². The number of aryl methyl sites for hydroxylation is 3. The Morgan fingerprint density at radius 2 is 1.87 bits per heavy atom. The number of aromatic nitrogens is 4. The minimum Gasteiger partial charge on any atom is -0.361 e. The van der Waals surface area contributed by atoms with Crippen molar-refractivity contribution in [1.82, 2.24) is 19.1 Å². The first-order chi connectivity index (χ1) is 14.9. The molecule has 31 heavy (non-hydrogen) atoms. The first kappa shape index (κ1) is 19.7. The Balaban J connectivity index is 1.82. The van der Waals surface area contributed by atoms with Crippen molar-refractivity contribution in [3.63, 3.8) is 0 Å². The summed E-state index contributed by atoms with van der Waals surface area (Å²) in [5.74, 6) is 0.651. The third-order valence-corrected chi connectivity index (χ3v) is 7.58. The number of benzene rings is 1. The largest absolute Gasteiger partial charge is 0.361 e. The van der Waals surface area contributed by atoms with Crippen LogP contribution >= 0.6 is 11.3 Å². The van der Waals surface area contributed by atoms with Gasteiger partial charge in [0.25, 0.3) is 10.0 Å². The normalized spacial score (nSPS) is 12.0. The standard InChI is InChI=1S/C22H18N4O3S2/c1-13-21(14(2)29-25-13)16-9-20-22(23-10-16)18(19-12-30-15(3)24-19)11-26(20)31(27,28)17-7-5-4-6-8-17/h4-12H,1-3H3. The van der Waals surface area contributed by atoms with Crippen LogP contribution in [0.3, 0.4) is 0 Å². The molecule has 0 unspecified atom stereocenters. The summed E-state index contributed by atoms with van der Waals surface area (Å²) in [5.41, 5.74) is 4.69. The van der Waals surface area contributed by atoms with Crippen LogP contribution < -0.4 is 0 Å². The van der Waals surface area contributed by atoms with Crippen LogP contribution in [0.25, 0.3) is 33.4 Å². The molecule has 156 valence electrons. The van der Waals surface area contributed by atoms with Crippen molar-refractivity contribution in [2.45, 2.75) is 25.7 Å². The first-order valence-corrected chi connectivity index (χ1v) is 11.9. The Labute approximate surface area is 183 Å². The summed E-state index contributed by atoms with van der Waals surface area (Å²) < 4.78 is 33.6. The van der Waals surface area contributed by atoms with E-state index in [4.69, 9.17) is 4.52 Å². The monoisotopic (exact) mass is 450 g/mol. The maximum Gasteiger partial charge on any atom is 0.268 e. The fraction of sp³-hybridized carbons (Fsp3) is 0.136. The quantitative estimate of drug-likeness (QED) is 0.384. The minimum absolute atomic E-state index is 0.204. The molecule has 5 rings (SSSR count). The average Bonchev–Trinajstić information content (AvgIpc) is 3.45. The van der Waals surface area contributed by atoms with Crippen molar-refractivity contribution in [1.29, 1.82) is 0 Å². The fourth-order valence-electron chi connectivity index (χ4n) is 3.69. The van der Waals surface area contributed by atoms with Gasteiger partial charge in [-0.15, -0.1) is 11.3 Å². The predicted octanol–water partition coefficient (Wildman–Crippen LogP) is 4.98. The molecule has 0 radical (unpaired) electrons. The first-order valence-electron chi connectivity index (χ1n) is 9.54. The maximum atomic E-state index is 13.5. The molecule has 4 aromatic heterocycles. The number of fused-ring (bicyclic) bond motifs is 1. The molecule has 0 saturated heterocycles. The van der Waals surface area contributed by atoms with Gasteiger partial charge in [-0.1, -0.05) is 23.4 Å². The zero-order valence-electron chi connectivity index (χ0n) is 17.0. The van der Waals surface area contributed by atoms with Crippen LogP contribution in [-0.2, 0) is 10.0 Å². The molecule has 0 aliphatic heterocycles. The van der Waals surface area contributed by atoms with Gasteiger partial charge < -0.3 is 4.52 Å². The lowest BCUT2D eigenvalue weighted by Crippen LogP contribution is -2.11. The van der Waals surface area contributed by atoms with E-state index in [0.29, 0.717) is 28.1 Å². The number of thiazole rings is 1. The molecule has 0 N–H and O–H groups in total. The number of rotatable bonds is 4. The van der Waals surface area contributed by atoms with Gasteiger partial charge in [0.15, 0.2) is 0 Å². The van der Waals surface area contributed by atoms with Crippen molar-refractivity contribution in [2.24, 2.45) is 0 Å². The number of pyridine rings is 1. The molecule has 0 bridgehead atoms. The second-order valence-corrected chi connectivity index (χ2v) is 10.1. The van der Waals surface area contributed by atoms with E-state index >= 15 is 0 Å². The smallest absolute Gasteiger partial charge is 0.268 e. The highest BCUT2D eigenvalue weighted by atomic mass is 32.2. The molecular formula is C22H18N4O3S2. The maximum absolute atomic E-state index is 13.5. The highest BCUT2D eigenvalue weighted by Crippen LogP contribution is 2.35. The summed E-state index contributed by atoms with van der Waals surface area (Å²) in [6, 6.07) is 10.2. The lowest BCUT2D eigenvalue weighted by molar-refractivity contribution is 0.393. The van der Waals surface area contributed by atoms with Crippen molar-refractivity contribution < 1.29 is 12.9 Å². The van der Waals surface area contributed by atoms with E-state index in [1.807, 2.05) is 32.2 Å². The molecule has 0 amide bonds. The lowest BCUT2D eigenvalue weighted by atomic mass is 10.1. The zero-order valence-corrected chi connectivity index (χ0v) is 18.7. The third kappa shape index (κ3) is 3.17. The van der Waals surface area contributed by atoms with E-state index in [1.165, 1.54) is 15.3 Å². The van der Waals surface area contributed by atoms with Crippen LogP contribution in [-0.4, -0.2) is 27.5 Å². The zero-order chi connectivity index (χ0) is 21.8. The van der Waals surface area contributed by atoms with Crippen molar-refractivity contribution >= 4 is 32.4 Å². The number of hydrogen-bond donors (Lipinski definition) is 0. The number of hydrogen-bond acceptors (Lipinski definition) is 7. The average molecular weight is 451 g/mol. The van der Waals surface area contributed by atoms with E-state index in [0.717, 1.165) is 21.8 Å². The Morgan fingerprint density at radius 3 is 2.52 bits per heavy atom. The van der Waals surface area contributed by atoms with Gasteiger partial charge in [0.05, 0.1) is 32.3 Å². The highest BCUT2D eigenvalue weighted by Gasteiger charge is 2.24. The third-order valence-electron chi connectivity index (χ3n) is 5.12. The van der Waals surface area contributed by atoms with Gasteiger partial charge in [0.2, 0.25) is 0 Å². The van der Waals surface area contributed by atoms with Gasteiger partial charge in [0, 0.05) is 34.5 Å². The predicted molar refractivity (Wildman–Crippen MR) is 120 cm³/mol. The van der Waals surface area contributed by atoms with Crippen LogP contribution in [0.2, 0.25) is 0 Å². The highest BCUT2D eigenvalue weighted by molar-refractivity contribution is 7.90. The summed E-state index contributed by atoms with van der Waals surface area (Å²) in [4.78, 5) is 9.39. The van der Waals surface area contributed by atoms with Gasteiger partial charge in [-0.2, -0.15) is 0 Å². The summed E-state index contributed by atoms with van der Waals surface area (Å²) >= 11 is 1.51. The minimum atomic E-state index is -3.84. The van der Waals surface area contributed by atoms with Crippen LogP contribution in [0.4, 0.5) is 0 Å². The van der Waals surface area contributed by atoms with Gasteiger partial charge in [-0.3, -0.25) is 4.98 Å². The molecule has 0 aliphatic rings. The van der Waals surface area contributed by atoms with Gasteiger partial charge in [-0.25, -0.2) is 17.4 Å². The lowest BCUT2D eigenvalue weighted by Gasteiger charge is -2.08. The Kier molecular flexibility index (Phi) is 4.53. The van der Waals surface area contributed by atoms with Crippen molar-refractivity contribution in [2.75, 3.05) is 0 Å². The van der Waals surface area contributed by atoms with Crippen molar-refractivity contribution in [3.8, 4) is 22.4 Å².